The van der Waals surface area contributed by atoms with Gasteiger partial charge in [0.2, 0.25) is 5.91 Å². The van der Waals surface area contributed by atoms with Gasteiger partial charge in [0.1, 0.15) is 6.10 Å². The zero-order valence-corrected chi connectivity index (χ0v) is 7.50. The molecule has 0 spiro atoms. The Labute approximate surface area is 82.7 Å². The topological polar surface area (TPSA) is 81.4 Å². The Morgan fingerprint density at radius 1 is 1.33 bits per heavy atom. The molecule has 0 aromatic heterocycles. The van der Waals surface area contributed by atoms with Crippen LogP contribution in [0.1, 0.15) is 0 Å². The number of alkyl halides is 3. The highest BCUT2D eigenvalue weighted by Gasteiger charge is 2.45. The van der Waals surface area contributed by atoms with Crippen molar-refractivity contribution in [3.8, 4) is 0 Å². The summed E-state index contributed by atoms with van der Waals surface area (Å²) in [5.41, 5.74) is 4.92. The van der Waals surface area contributed by atoms with E-state index in [2.05, 4.69) is 10.1 Å². The summed E-state index contributed by atoms with van der Waals surface area (Å²) in [5, 5.41) is 2.62. The minimum Gasteiger partial charge on any atom is -0.453 e. The quantitative estimate of drug-likeness (QED) is 0.602. The first-order valence-corrected chi connectivity index (χ1v) is 4.10. The molecule has 8 heteroatoms. The van der Waals surface area contributed by atoms with Gasteiger partial charge in [0, 0.05) is 13.1 Å². The summed E-state index contributed by atoms with van der Waals surface area (Å²) in [6, 6.07) is 0. The van der Waals surface area contributed by atoms with Crippen molar-refractivity contribution in [3.63, 3.8) is 0 Å². The van der Waals surface area contributed by atoms with Crippen molar-refractivity contribution >= 4 is 11.9 Å². The van der Waals surface area contributed by atoms with Gasteiger partial charge in [-0.2, -0.15) is 13.2 Å². The first-order chi connectivity index (χ1) is 6.82. The maximum atomic E-state index is 11.8. The minimum atomic E-state index is -5.05. The number of carbonyl (C=O) groups is 2. The van der Waals surface area contributed by atoms with E-state index in [4.69, 9.17) is 5.73 Å². The van der Waals surface area contributed by atoms with Crippen LogP contribution in [0.25, 0.3) is 0 Å². The number of nitrogens with one attached hydrogen (secondary N) is 1. The molecule has 15 heavy (non-hydrogen) atoms. The molecular formula is C7H9F3N2O3. The maximum absolute atomic E-state index is 11.8. The van der Waals surface area contributed by atoms with Crippen LogP contribution < -0.4 is 11.1 Å². The van der Waals surface area contributed by atoms with Gasteiger partial charge < -0.3 is 15.8 Å². The molecule has 1 saturated heterocycles. The summed E-state index contributed by atoms with van der Waals surface area (Å²) in [6.45, 7) is 0.112. The van der Waals surface area contributed by atoms with Crippen LogP contribution in [-0.4, -0.2) is 37.2 Å². The first kappa shape index (κ1) is 11.8. The van der Waals surface area contributed by atoms with Gasteiger partial charge in [-0.15, -0.1) is 0 Å². The van der Waals surface area contributed by atoms with Crippen LogP contribution in [0.2, 0.25) is 0 Å². The number of ether oxygens (including phenoxy) is 1. The monoisotopic (exact) mass is 226 g/mol. The Balaban J connectivity index is 2.58. The van der Waals surface area contributed by atoms with Gasteiger partial charge >= 0.3 is 12.1 Å². The third-order valence-electron chi connectivity index (χ3n) is 2.01. The number of esters is 1. The first-order valence-electron chi connectivity index (χ1n) is 4.10. The van der Waals surface area contributed by atoms with Gasteiger partial charge in [-0.05, 0) is 0 Å². The highest BCUT2D eigenvalue weighted by molar-refractivity contribution is 5.80. The van der Waals surface area contributed by atoms with Crippen molar-refractivity contribution in [1.29, 1.82) is 0 Å². The van der Waals surface area contributed by atoms with Crippen LogP contribution in [0.3, 0.4) is 0 Å². The number of hydrogen-bond acceptors (Lipinski definition) is 4. The molecule has 0 aromatic carbocycles. The van der Waals surface area contributed by atoms with E-state index in [9.17, 15) is 22.8 Å². The van der Waals surface area contributed by atoms with Crippen molar-refractivity contribution in [2.24, 2.45) is 11.7 Å². The molecule has 0 aliphatic carbocycles. The molecule has 0 aromatic rings. The number of carbonyl (C=O) groups excluding carboxylic acids is 2. The van der Waals surface area contributed by atoms with Gasteiger partial charge in [-0.3, -0.25) is 4.79 Å². The highest BCUT2D eigenvalue weighted by atomic mass is 19.4. The van der Waals surface area contributed by atoms with E-state index < -0.39 is 30.1 Å². The number of hydrogen-bond donors (Lipinski definition) is 2. The van der Waals surface area contributed by atoms with E-state index >= 15 is 0 Å². The molecule has 5 nitrogen and oxygen atoms in total. The van der Waals surface area contributed by atoms with Crippen molar-refractivity contribution in [3.05, 3.63) is 0 Å². The summed E-state index contributed by atoms with van der Waals surface area (Å²) in [7, 11) is 0. The molecule has 1 amide bonds. The van der Waals surface area contributed by atoms with Gasteiger partial charge in [0.05, 0.1) is 5.92 Å². The number of halogens is 3. The second-order valence-electron chi connectivity index (χ2n) is 3.11. The fraction of sp³-hybridized carbons (Fsp3) is 0.714. The van der Waals surface area contributed by atoms with Crippen LogP contribution >= 0.6 is 0 Å². The second-order valence-corrected chi connectivity index (χ2v) is 3.11. The number of amides is 1. The molecule has 2 atom stereocenters. The fourth-order valence-corrected chi connectivity index (χ4v) is 1.27. The van der Waals surface area contributed by atoms with Crippen LogP contribution in [0.15, 0.2) is 0 Å². The standard InChI is InChI=1S/C7H9F3N2O3/c8-7(9,10)6(14)15-4-2-12-1-3(4)5(11)13/h3-4,12H,1-2H2,(H2,11,13). The van der Waals surface area contributed by atoms with E-state index in [1.54, 1.807) is 0 Å². The van der Waals surface area contributed by atoms with Crippen LogP contribution in [0.4, 0.5) is 13.2 Å². The van der Waals surface area contributed by atoms with E-state index in [1.807, 2.05) is 0 Å². The predicted molar refractivity (Wildman–Crippen MR) is 41.5 cm³/mol. The molecule has 1 heterocycles. The average Bonchev–Trinajstić information content (AvgIpc) is 2.50. The number of rotatable bonds is 2. The lowest BCUT2D eigenvalue weighted by molar-refractivity contribution is -0.205. The van der Waals surface area contributed by atoms with E-state index in [0.717, 1.165) is 0 Å². The van der Waals surface area contributed by atoms with E-state index in [0.29, 0.717) is 0 Å². The van der Waals surface area contributed by atoms with E-state index in [-0.39, 0.29) is 13.1 Å². The predicted octanol–water partition coefficient (Wildman–Crippen LogP) is -0.835. The van der Waals surface area contributed by atoms with Crippen LogP contribution in [0.5, 0.6) is 0 Å². The molecule has 1 aliphatic heterocycles. The largest absolute Gasteiger partial charge is 0.490 e. The van der Waals surface area contributed by atoms with E-state index in [1.165, 1.54) is 0 Å². The minimum absolute atomic E-state index is 0.00454. The SMILES string of the molecule is NC(=O)C1CNCC1OC(=O)C(F)(F)F. The molecule has 2 unspecified atom stereocenters. The van der Waals surface area contributed by atoms with Gasteiger partial charge in [-0.25, -0.2) is 4.79 Å². The molecule has 1 fully saturated rings. The molecule has 3 N–H and O–H groups in total. The Bertz CT molecular complexity index is 279. The summed E-state index contributed by atoms with van der Waals surface area (Å²) >= 11 is 0. The fourth-order valence-electron chi connectivity index (χ4n) is 1.27. The van der Waals surface area contributed by atoms with Crippen molar-refractivity contribution < 1.29 is 27.5 Å². The summed E-state index contributed by atoms with van der Waals surface area (Å²) in [6.07, 6.45) is -6.19. The molecule has 1 rings (SSSR count). The third kappa shape index (κ3) is 2.82. The Morgan fingerprint density at radius 2 is 1.93 bits per heavy atom. The van der Waals surface area contributed by atoms with Gasteiger partial charge in [0.25, 0.3) is 0 Å². The van der Waals surface area contributed by atoms with Crippen molar-refractivity contribution in [2.75, 3.05) is 13.1 Å². The van der Waals surface area contributed by atoms with Crippen LogP contribution in [0, 0.1) is 5.92 Å². The molecule has 0 saturated carbocycles. The van der Waals surface area contributed by atoms with Crippen LogP contribution in [-0.2, 0) is 14.3 Å². The summed E-state index contributed by atoms with van der Waals surface area (Å²) in [5.74, 6) is -4.00. The van der Waals surface area contributed by atoms with Crippen molar-refractivity contribution in [1.82, 2.24) is 5.32 Å². The lowest BCUT2D eigenvalue weighted by Crippen LogP contribution is -2.38. The Hall–Kier alpha value is -1.31. The lowest BCUT2D eigenvalue weighted by atomic mass is 10.1. The highest BCUT2D eigenvalue weighted by Crippen LogP contribution is 2.21. The lowest BCUT2D eigenvalue weighted by Gasteiger charge is -2.17. The zero-order chi connectivity index (χ0) is 11.6. The molecule has 86 valence electrons. The molecular weight excluding hydrogens is 217 g/mol. The molecule has 0 radical (unpaired) electrons. The maximum Gasteiger partial charge on any atom is 0.490 e. The Morgan fingerprint density at radius 3 is 2.40 bits per heavy atom. The molecule has 1 aliphatic rings. The number of primary amides is 1. The summed E-state index contributed by atoms with van der Waals surface area (Å²) < 4.78 is 39.6. The smallest absolute Gasteiger partial charge is 0.453 e. The number of nitrogens with two attached hydrogens (primary N) is 1. The Kier molecular flexibility index (Phi) is 3.18. The van der Waals surface area contributed by atoms with Gasteiger partial charge in [-0.1, -0.05) is 0 Å². The summed E-state index contributed by atoms with van der Waals surface area (Å²) in [4.78, 5) is 21.2. The normalized spacial score (nSPS) is 26.3. The third-order valence-corrected chi connectivity index (χ3v) is 2.01. The van der Waals surface area contributed by atoms with Crippen molar-refractivity contribution in [2.45, 2.75) is 12.3 Å². The van der Waals surface area contributed by atoms with Gasteiger partial charge in [0.15, 0.2) is 0 Å². The second kappa shape index (κ2) is 4.05. The zero-order valence-electron chi connectivity index (χ0n) is 7.50. The molecule has 0 bridgehead atoms. The average molecular weight is 226 g/mol.